The van der Waals surface area contributed by atoms with Crippen LogP contribution >= 0.6 is 0 Å². The summed E-state index contributed by atoms with van der Waals surface area (Å²) in [5.41, 5.74) is 0. The maximum Gasteiger partial charge on any atom is 0.0587 e. The van der Waals surface area contributed by atoms with Gasteiger partial charge in [-0.1, -0.05) is 26.7 Å². The van der Waals surface area contributed by atoms with Gasteiger partial charge in [0.05, 0.1) is 6.61 Å². The molecular weight excluding hydrogens is 150 g/mol. The van der Waals surface area contributed by atoms with Gasteiger partial charge in [0.15, 0.2) is 0 Å². The van der Waals surface area contributed by atoms with E-state index >= 15 is 0 Å². The Labute approximate surface area is 75.4 Å². The summed E-state index contributed by atoms with van der Waals surface area (Å²) in [7, 11) is 0. The van der Waals surface area contributed by atoms with Crippen LogP contribution in [0.2, 0.25) is 0 Å². The van der Waals surface area contributed by atoms with Crippen LogP contribution in [0.4, 0.5) is 0 Å². The number of nitrogens with one attached hydrogen (secondary N) is 1. The molecule has 0 heterocycles. The normalized spacial score (nSPS) is 20.0. The van der Waals surface area contributed by atoms with Gasteiger partial charge in [-0.2, -0.15) is 0 Å². The molecule has 0 bridgehead atoms. The van der Waals surface area contributed by atoms with Gasteiger partial charge in [0, 0.05) is 12.1 Å². The van der Waals surface area contributed by atoms with Crippen molar-refractivity contribution < 1.29 is 5.11 Å². The van der Waals surface area contributed by atoms with Crippen LogP contribution in [0.3, 0.4) is 0 Å². The Morgan fingerprint density at radius 3 is 2.25 bits per heavy atom. The lowest BCUT2D eigenvalue weighted by atomic mass is 9.94. The van der Waals surface area contributed by atoms with Gasteiger partial charge < -0.3 is 10.4 Å². The van der Waals surface area contributed by atoms with Crippen LogP contribution in [0, 0.1) is 5.92 Å². The Bertz CT molecular complexity index is 119. The molecule has 1 unspecified atom stereocenters. The van der Waals surface area contributed by atoms with Gasteiger partial charge in [0.2, 0.25) is 0 Å². The highest BCUT2D eigenvalue weighted by Crippen LogP contribution is 2.22. The molecule has 0 aromatic heterocycles. The second kappa shape index (κ2) is 4.83. The maximum atomic E-state index is 9.17. The summed E-state index contributed by atoms with van der Waals surface area (Å²) in [5, 5.41) is 12.7. The lowest BCUT2D eigenvalue weighted by Gasteiger charge is -2.24. The van der Waals surface area contributed by atoms with E-state index < -0.39 is 0 Å². The van der Waals surface area contributed by atoms with E-state index in [0.29, 0.717) is 24.6 Å². The molecule has 0 saturated heterocycles. The summed E-state index contributed by atoms with van der Waals surface area (Å²) in [6.45, 7) is 4.69. The van der Waals surface area contributed by atoms with Crippen molar-refractivity contribution in [2.45, 2.75) is 51.6 Å². The summed E-state index contributed by atoms with van der Waals surface area (Å²) in [6, 6.07) is 1.05. The molecule has 0 radical (unpaired) electrons. The zero-order valence-electron chi connectivity index (χ0n) is 8.21. The van der Waals surface area contributed by atoms with Gasteiger partial charge in [-0.05, 0) is 18.8 Å². The van der Waals surface area contributed by atoms with Gasteiger partial charge in [-0.3, -0.25) is 0 Å². The number of aliphatic hydroxyl groups excluding tert-OH is 1. The molecule has 1 rings (SSSR count). The van der Waals surface area contributed by atoms with Crippen molar-refractivity contribution in [2.75, 3.05) is 6.61 Å². The van der Waals surface area contributed by atoms with E-state index in [4.69, 9.17) is 0 Å². The summed E-state index contributed by atoms with van der Waals surface area (Å²) >= 11 is 0. The van der Waals surface area contributed by atoms with Crippen molar-refractivity contribution >= 4 is 0 Å². The van der Waals surface area contributed by atoms with Crippen LogP contribution in [0.25, 0.3) is 0 Å². The molecule has 12 heavy (non-hydrogen) atoms. The summed E-state index contributed by atoms with van der Waals surface area (Å²) in [4.78, 5) is 0. The summed E-state index contributed by atoms with van der Waals surface area (Å²) in [6.07, 6.45) is 4.94. The van der Waals surface area contributed by atoms with Crippen LogP contribution in [0.5, 0.6) is 0 Å². The van der Waals surface area contributed by atoms with E-state index in [2.05, 4.69) is 19.2 Å². The molecule has 1 aliphatic rings. The van der Waals surface area contributed by atoms with Crippen LogP contribution in [-0.4, -0.2) is 23.8 Å². The first kappa shape index (κ1) is 10.0. The van der Waals surface area contributed by atoms with Crippen LogP contribution in [-0.2, 0) is 0 Å². The van der Waals surface area contributed by atoms with Crippen molar-refractivity contribution in [1.29, 1.82) is 0 Å². The van der Waals surface area contributed by atoms with Crippen molar-refractivity contribution in [3.63, 3.8) is 0 Å². The van der Waals surface area contributed by atoms with Gasteiger partial charge in [0.1, 0.15) is 0 Å². The fourth-order valence-electron chi connectivity index (χ4n) is 1.75. The van der Waals surface area contributed by atoms with Crippen LogP contribution in [0.1, 0.15) is 39.5 Å². The van der Waals surface area contributed by atoms with Crippen molar-refractivity contribution in [3.8, 4) is 0 Å². The lowest BCUT2D eigenvalue weighted by Crippen LogP contribution is -2.40. The minimum Gasteiger partial charge on any atom is -0.395 e. The highest BCUT2D eigenvalue weighted by molar-refractivity contribution is 4.86. The van der Waals surface area contributed by atoms with Crippen LogP contribution < -0.4 is 5.32 Å². The minimum atomic E-state index is 0.294. The number of hydrogen-bond donors (Lipinski definition) is 2. The molecule has 1 atom stereocenters. The maximum absolute atomic E-state index is 9.17. The third kappa shape index (κ3) is 2.76. The second-order valence-corrected chi connectivity index (χ2v) is 3.81. The highest BCUT2D eigenvalue weighted by Gasteiger charge is 2.27. The van der Waals surface area contributed by atoms with E-state index in [1.807, 2.05) is 0 Å². The fourth-order valence-corrected chi connectivity index (χ4v) is 1.75. The molecule has 2 nitrogen and oxygen atoms in total. The molecule has 1 fully saturated rings. The Morgan fingerprint density at radius 2 is 1.92 bits per heavy atom. The zero-order valence-corrected chi connectivity index (χ0v) is 8.21. The molecule has 2 N–H and O–H groups in total. The topological polar surface area (TPSA) is 32.3 Å². The predicted molar refractivity (Wildman–Crippen MR) is 51.1 cm³/mol. The second-order valence-electron chi connectivity index (χ2n) is 3.81. The fraction of sp³-hybridized carbons (Fsp3) is 1.00. The molecule has 0 spiro atoms. The third-order valence-corrected chi connectivity index (χ3v) is 2.84. The average Bonchev–Trinajstić information content (AvgIpc) is 2.88. The minimum absolute atomic E-state index is 0.294. The Balaban J connectivity index is 2.29. The third-order valence-electron chi connectivity index (χ3n) is 2.84. The Hall–Kier alpha value is -0.0800. The number of aliphatic hydroxyl groups is 1. The van der Waals surface area contributed by atoms with Gasteiger partial charge in [-0.15, -0.1) is 0 Å². The molecule has 0 amide bonds. The molecular formula is C10H21NO. The first-order valence-electron chi connectivity index (χ1n) is 5.18. The average molecular weight is 171 g/mol. The monoisotopic (exact) mass is 171 g/mol. The largest absolute Gasteiger partial charge is 0.395 e. The van der Waals surface area contributed by atoms with E-state index in [1.165, 1.54) is 25.7 Å². The van der Waals surface area contributed by atoms with Crippen molar-refractivity contribution in [3.05, 3.63) is 0 Å². The van der Waals surface area contributed by atoms with Gasteiger partial charge in [0.25, 0.3) is 0 Å². The molecule has 0 aromatic rings. The highest BCUT2D eigenvalue weighted by atomic mass is 16.3. The molecule has 1 aliphatic carbocycles. The lowest BCUT2D eigenvalue weighted by molar-refractivity contribution is 0.190. The Kier molecular flexibility index (Phi) is 4.02. The van der Waals surface area contributed by atoms with E-state index in [-0.39, 0.29) is 0 Å². The summed E-state index contributed by atoms with van der Waals surface area (Å²) < 4.78 is 0. The van der Waals surface area contributed by atoms with Crippen molar-refractivity contribution in [1.82, 2.24) is 5.32 Å². The molecule has 0 aliphatic heterocycles. The zero-order chi connectivity index (χ0) is 8.97. The standard InChI is InChI=1S/C10H21NO/c1-3-8(4-2)10(7-12)11-9-5-6-9/h8-12H,3-7H2,1-2H3. The first-order valence-corrected chi connectivity index (χ1v) is 5.18. The van der Waals surface area contributed by atoms with E-state index in [9.17, 15) is 5.11 Å². The first-order chi connectivity index (χ1) is 5.81. The van der Waals surface area contributed by atoms with Gasteiger partial charge in [-0.25, -0.2) is 0 Å². The SMILES string of the molecule is CCC(CC)C(CO)NC1CC1. The smallest absolute Gasteiger partial charge is 0.0587 e. The molecule has 0 aromatic carbocycles. The van der Waals surface area contributed by atoms with Crippen LogP contribution in [0.15, 0.2) is 0 Å². The molecule has 2 heteroatoms. The quantitative estimate of drug-likeness (QED) is 0.635. The van der Waals surface area contributed by atoms with E-state index in [1.54, 1.807) is 0 Å². The molecule has 1 saturated carbocycles. The number of hydrogen-bond acceptors (Lipinski definition) is 2. The Morgan fingerprint density at radius 1 is 1.33 bits per heavy atom. The molecule has 72 valence electrons. The number of rotatable bonds is 6. The predicted octanol–water partition coefficient (Wildman–Crippen LogP) is 1.54. The van der Waals surface area contributed by atoms with Crippen molar-refractivity contribution in [2.24, 2.45) is 5.92 Å². The van der Waals surface area contributed by atoms with E-state index in [0.717, 1.165) is 0 Å². The summed E-state index contributed by atoms with van der Waals surface area (Å²) in [5.74, 6) is 0.649. The van der Waals surface area contributed by atoms with Gasteiger partial charge >= 0.3 is 0 Å².